The van der Waals surface area contributed by atoms with Crippen LogP contribution in [0.25, 0.3) is 21.8 Å². The summed E-state index contributed by atoms with van der Waals surface area (Å²) in [5.41, 5.74) is 0.283. The number of hydrogen-bond donors (Lipinski definition) is 1. The predicted octanol–water partition coefficient (Wildman–Crippen LogP) is 3.36. The zero-order valence-corrected chi connectivity index (χ0v) is 9.52. The second-order valence-electron chi connectivity index (χ2n) is 4.06. The Labute approximate surface area is 106 Å². The zero-order chi connectivity index (χ0) is 13.6. The molecule has 19 heavy (non-hydrogen) atoms. The fourth-order valence-corrected chi connectivity index (χ4v) is 2.14. The monoisotopic (exact) mass is 259 g/mol. The van der Waals surface area contributed by atoms with E-state index in [1.165, 1.54) is 12.1 Å². The number of rotatable bonds is 1. The van der Waals surface area contributed by atoms with Crippen LogP contribution in [-0.2, 0) is 0 Å². The van der Waals surface area contributed by atoms with Crippen molar-refractivity contribution in [2.45, 2.75) is 0 Å². The maximum absolute atomic E-state index is 13.9. The zero-order valence-electron chi connectivity index (χ0n) is 9.52. The van der Waals surface area contributed by atoms with Crippen molar-refractivity contribution in [2.75, 3.05) is 0 Å². The molecule has 1 heterocycles. The number of hydrogen-bond acceptors (Lipinski definition) is 2. The number of para-hydroxylation sites is 1. The average Bonchev–Trinajstić information content (AvgIpc) is 2.40. The van der Waals surface area contributed by atoms with Gasteiger partial charge in [-0.2, -0.15) is 0 Å². The van der Waals surface area contributed by atoms with Crippen molar-refractivity contribution in [1.82, 2.24) is 4.98 Å². The molecular weight excluding hydrogens is 252 g/mol. The molecule has 0 aliphatic carbocycles. The number of carboxylic acids is 1. The maximum atomic E-state index is 13.9. The number of pyridine rings is 1. The number of nitrogens with zero attached hydrogens (tertiary/aromatic N) is 1. The van der Waals surface area contributed by atoms with E-state index in [0.29, 0.717) is 5.52 Å². The Hall–Kier alpha value is -2.56. The highest BCUT2D eigenvalue weighted by Gasteiger charge is 2.20. The second kappa shape index (κ2) is 3.98. The van der Waals surface area contributed by atoms with E-state index >= 15 is 0 Å². The van der Waals surface area contributed by atoms with Crippen LogP contribution >= 0.6 is 0 Å². The predicted molar refractivity (Wildman–Crippen MR) is 66.1 cm³/mol. The van der Waals surface area contributed by atoms with Gasteiger partial charge in [-0.25, -0.2) is 18.6 Å². The lowest BCUT2D eigenvalue weighted by atomic mass is 10.0. The third-order valence-corrected chi connectivity index (χ3v) is 2.95. The molecular formula is C14H7F2NO2. The van der Waals surface area contributed by atoms with Crippen molar-refractivity contribution < 1.29 is 18.7 Å². The van der Waals surface area contributed by atoms with E-state index in [-0.39, 0.29) is 21.9 Å². The minimum Gasteiger partial charge on any atom is -0.478 e. The summed E-state index contributed by atoms with van der Waals surface area (Å²) in [5.74, 6) is -3.59. The standard InChI is InChI=1S/C14H7F2NO2/c15-8-5-6-10-12(13(8)16)11(14(18)19)7-3-1-2-4-9(7)17-10/h1-6H,(H,18,19). The number of aromatic carboxylic acids is 1. The largest absolute Gasteiger partial charge is 0.478 e. The van der Waals surface area contributed by atoms with Crippen molar-refractivity contribution in [1.29, 1.82) is 0 Å². The fourth-order valence-electron chi connectivity index (χ4n) is 2.14. The summed E-state index contributed by atoms with van der Waals surface area (Å²) in [6, 6.07) is 8.68. The van der Waals surface area contributed by atoms with Crippen LogP contribution in [0.1, 0.15) is 10.4 Å². The Morgan fingerprint density at radius 3 is 2.53 bits per heavy atom. The van der Waals surface area contributed by atoms with Gasteiger partial charge in [0.25, 0.3) is 0 Å². The fraction of sp³-hybridized carbons (Fsp3) is 0. The van der Waals surface area contributed by atoms with Crippen molar-refractivity contribution in [2.24, 2.45) is 0 Å². The third kappa shape index (κ3) is 1.62. The van der Waals surface area contributed by atoms with Crippen LogP contribution in [0.3, 0.4) is 0 Å². The molecule has 0 bridgehead atoms. The Kier molecular flexibility index (Phi) is 2.41. The molecule has 0 aliphatic heterocycles. The van der Waals surface area contributed by atoms with Gasteiger partial charge in [0.05, 0.1) is 22.0 Å². The number of aromatic nitrogens is 1. The lowest BCUT2D eigenvalue weighted by molar-refractivity contribution is 0.0700. The first-order valence-corrected chi connectivity index (χ1v) is 5.49. The number of fused-ring (bicyclic) bond motifs is 2. The van der Waals surface area contributed by atoms with Gasteiger partial charge in [0.15, 0.2) is 11.6 Å². The van der Waals surface area contributed by atoms with Crippen LogP contribution in [0.4, 0.5) is 8.78 Å². The molecule has 2 aromatic carbocycles. The molecule has 1 N–H and O–H groups in total. The summed E-state index contributed by atoms with van der Waals surface area (Å²) in [6.07, 6.45) is 0. The van der Waals surface area contributed by atoms with Gasteiger partial charge in [0.2, 0.25) is 0 Å². The molecule has 0 fully saturated rings. The molecule has 0 radical (unpaired) electrons. The Bertz CT molecular complexity index is 830. The normalized spacial score (nSPS) is 11.1. The van der Waals surface area contributed by atoms with E-state index in [2.05, 4.69) is 4.98 Å². The van der Waals surface area contributed by atoms with Crippen LogP contribution in [0.15, 0.2) is 36.4 Å². The highest BCUT2D eigenvalue weighted by atomic mass is 19.2. The van der Waals surface area contributed by atoms with Crippen molar-refractivity contribution in [3.8, 4) is 0 Å². The topological polar surface area (TPSA) is 50.2 Å². The quantitative estimate of drug-likeness (QED) is 0.682. The Morgan fingerprint density at radius 1 is 1.05 bits per heavy atom. The third-order valence-electron chi connectivity index (χ3n) is 2.95. The number of halogens is 2. The summed E-state index contributed by atoms with van der Waals surface area (Å²) in [7, 11) is 0. The van der Waals surface area contributed by atoms with Gasteiger partial charge < -0.3 is 5.11 Å². The maximum Gasteiger partial charge on any atom is 0.337 e. The van der Waals surface area contributed by atoms with Gasteiger partial charge in [-0.3, -0.25) is 0 Å². The number of carboxylic acid groups (broad SMARTS) is 1. The molecule has 1 aromatic heterocycles. The van der Waals surface area contributed by atoms with Gasteiger partial charge in [-0.1, -0.05) is 18.2 Å². The number of carbonyl (C=O) groups is 1. The molecule has 0 aliphatic rings. The average molecular weight is 259 g/mol. The van der Waals surface area contributed by atoms with Crippen molar-refractivity contribution >= 4 is 27.8 Å². The highest BCUT2D eigenvalue weighted by Crippen LogP contribution is 2.29. The first-order valence-electron chi connectivity index (χ1n) is 5.49. The Morgan fingerprint density at radius 2 is 1.79 bits per heavy atom. The molecule has 5 heteroatoms. The van der Waals surface area contributed by atoms with E-state index in [0.717, 1.165) is 6.07 Å². The molecule has 0 spiro atoms. The summed E-state index contributed by atoms with van der Waals surface area (Å²) >= 11 is 0. The summed E-state index contributed by atoms with van der Waals surface area (Å²) in [4.78, 5) is 15.5. The lowest BCUT2D eigenvalue weighted by Gasteiger charge is -2.08. The van der Waals surface area contributed by atoms with E-state index in [1.807, 2.05) is 0 Å². The van der Waals surface area contributed by atoms with Crippen LogP contribution in [-0.4, -0.2) is 16.1 Å². The molecule has 0 unspecified atom stereocenters. The van der Waals surface area contributed by atoms with Crippen LogP contribution in [0, 0.1) is 11.6 Å². The van der Waals surface area contributed by atoms with Crippen molar-refractivity contribution in [3.05, 3.63) is 53.6 Å². The first kappa shape index (κ1) is 11.5. The molecule has 0 saturated heterocycles. The van der Waals surface area contributed by atoms with Crippen molar-refractivity contribution in [3.63, 3.8) is 0 Å². The first-order chi connectivity index (χ1) is 9.09. The van der Waals surface area contributed by atoms with Gasteiger partial charge in [-0.05, 0) is 18.2 Å². The molecule has 3 rings (SSSR count). The molecule has 94 valence electrons. The summed E-state index contributed by atoms with van der Waals surface area (Å²) in [6.45, 7) is 0. The Balaban J connectivity index is 2.65. The number of benzene rings is 2. The molecule has 3 aromatic rings. The minimum absolute atomic E-state index is 0.120. The molecule has 0 amide bonds. The van der Waals surface area contributed by atoms with Crippen LogP contribution < -0.4 is 0 Å². The smallest absolute Gasteiger partial charge is 0.337 e. The van der Waals surface area contributed by atoms with Crippen LogP contribution in [0.2, 0.25) is 0 Å². The van der Waals surface area contributed by atoms with Gasteiger partial charge in [0, 0.05) is 5.39 Å². The minimum atomic E-state index is -1.31. The lowest BCUT2D eigenvalue weighted by Crippen LogP contribution is -2.03. The summed E-state index contributed by atoms with van der Waals surface area (Å²) < 4.78 is 27.2. The van der Waals surface area contributed by atoms with E-state index < -0.39 is 17.6 Å². The second-order valence-corrected chi connectivity index (χ2v) is 4.06. The highest BCUT2D eigenvalue weighted by molar-refractivity contribution is 6.13. The molecule has 0 atom stereocenters. The van der Waals surface area contributed by atoms with Crippen LogP contribution in [0.5, 0.6) is 0 Å². The van der Waals surface area contributed by atoms with Gasteiger partial charge in [0.1, 0.15) is 0 Å². The molecule has 0 saturated carbocycles. The van der Waals surface area contributed by atoms with E-state index in [1.54, 1.807) is 18.2 Å². The SMILES string of the molecule is O=C(O)c1c2ccccc2nc2ccc(F)c(F)c12. The van der Waals surface area contributed by atoms with Gasteiger partial charge >= 0.3 is 5.97 Å². The molecule has 3 nitrogen and oxygen atoms in total. The van der Waals surface area contributed by atoms with E-state index in [9.17, 15) is 18.7 Å². The van der Waals surface area contributed by atoms with E-state index in [4.69, 9.17) is 0 Å². The summed E-state index contributed by atoms with van der Waals surface area (Å²) in [5, 5.41) is 9.26. The van der Waals surface area contributed by atoms with Gasteiger partial charge in [-0.15, -0.1) is 0 Å².